The summed E-state index contributed by atoms with van der Waals surface area (Å²) in [6.07, 6.45) is 5.07. The van der Waals surface area contributed by atoms with Crippen molar-refractivity contribution in [2.24, 2.45) is 5.92 Å². The van der Waals surface area contributed by atoms with E-state index in [9.17, 15) is 10.1 Å². The van der Waals surface area contributed by atoms with Crippen molar-refractivity contribution in [1.29, 1.82) is 0 Å². The fourth-order valence-corrected chi connectivity index (χ4v) is 4.61. The van der Waals surface area contributed by atoms with Crippen LogP contribution in [0.5, 0.6) is 0 Å². The molecule has 1 heterocycles. The van der Waals surface area contributed by atoms with E-state index in [-0.39, 0.29) is 23.6 Å². The summed E-state index contributed by atoms with van der Waals surface area (Å²) < 4.78 is 0. The standard InChI is InChI=1S/C18H13Cl3N2O2/c19-9-4-5-13(15(20)6-9)17-12-3-1-2-11(12)14-7-10(23(24)25)8-16(21)18(14)22-17/h1-2,4-8,11-12,17,22H,3H2/t11-,12+,17-/m1/s1. The van der Waals surface area contributed by atoms with Gasteiger partial charge in [0.2, 0.25) is 0 Å². The lowest BCUT2D eigenvalue weighted by Gasteiger charge is -2.38. The average molecular weight is 396 g/mol. The number of allylic oxidation sites excluding steroid dienone is 2. The highest BCUT2D eigenvalue weighted by Gasteiger charge is 2.40. The van der Waals surface area contributed by atoms with Gasteiger partial charge in [0.1, 0.15) is 0 Å². The van der Waals surface area contributed by atoms with Crippen LogP contribution in [0.2, 0.25) is 15.1 Å². The lowest BCUT2D eigenvalue weighted by atomic mass is 9.77. The van der Waals surface area contributed by atoms with Crippen LogP contribution in [0.1, 0.15) is 29.5 Å². The second kappa shape index (κ2) is 6.20. The molecule has 4 nitrogen and oxygen atoms in total. The molecule has 1 N–H and O–H groups in total. The van der Waals surface area contributed by atoms with E-state index >= 15 is 0 Å². The van der Waals surface area contributed by atoms with Crippen molar-refractivity contribution >= 4 is 46.2 Å². The predicted molar refractivity (Wildman–Crippen MR) is 101 cm³/mol. The van der Waals surface area contributed by atoms with Crippen LogP contribution in [0.15, 0.2) is 42.5 Å². The fraction of sp³-hybridized carbons (Fsp3) is 0.222. The van der Waals surface area contributed by atoms with Crippen molar-refractivity contribution < 1.29 is 4.92 Å². The first-order valence-electron chi connectivity index (χ1n) is 7.81. The first kappa shape index (κ1) is 16.7. The second-order valence-electron chi connectivity index (χ2n) is 6.29. The lowest BCUT2D eigenvalue weighted by Crippen LogP contribution is -2.29. The van der Waals surface area contributed by atoms with Gasteiger partial charge in [-0.15, -0.1) is 0 Å². The third-order valence-corrected chi connectivity index (χ3v) is 5.77. The molecule has 0 spiro atoms. The number of hydrogen-bond acceptors (Lipinski definition) is 3. The molecule has 0 amide bonds. The van der Waals surface area contributed by atoms with Crippen LogP contribution < -0.4 is 5.32 Å². The molecule has 1 aliphatic carbocycles. The first-order chi connectivity index (χ1) is 12.0. The number of nitrogens with zero attached hydrogens (tertiary/aromatic N) is 1. The predicted octanol–water partition coefficient (Wildman–Crippen LogP) is 6.38. The molecule has 128 valence electrons. The maximum absolute atomic E-state index is 11.2. The number of hydrogen-bond donors (Lipinski definition) is 1. The number of anilines is 1. The van der Waals surface area contributed by atoms with E-state index in [1.807, 2.05) is 12.1 Å². The van der Waals surface area contributed by atoms with Crippen LogP contribution in [0.4, 0.5) is 11.4 Å². The van der Waals surface area contributed by atoms with Gasteiger partial charge in [-0.1, -0.05) is 53.0 Å². The maximum atomic E-state index is 11.2. The van der Waals surface area contributed by atoms with Crippen molar-refractivity contribution in [3.05, 3.63) is 78.8 Å². The normalized spacial score (nSPS) is 23.7. The summed E-state index contributed by atoms with van der Waals surface area (Å²) in [6.45, 7) is 0. The summed E-state index contributed by atoms with van der Waals surface area (Å²) in [4.78, 5) is 10.8. The molecule has 0 radical (unpaired) electrons. The third-order valence-electron chi connectivity index (χ3n) is 4.91. The minimum absolute atomic E-state index is 0.00701. The summed E-state index contributed by atoms with van der Waals surface area (Å²) in [6, 6.07) is 8.41. The van der Waals surface area contributed by atoms with Crippen molar-refractivity contribution in [3.8, 4) is 0 Å². The molecule has 4 rings (SSSR count). The van der Waals surface area contributed by atoms with Gasteiger partial charge < -0.3 is 5.32 Å². The summed E-state index contributed by atoms with van der Waals surface area (Å²) in [5.74, 6) is 0.273. The van der Waals surface area contributed by atoms with Gasteiger partial charge >= 0.3 is 0 Å². The molecule has 0 bridgehead atoms. The highest BCUT2D eigenvalue weighted by atomic mass is 35.5. The molecular formula is C18H13Cl3N2O2. The average Bonchev–Trinajstić information content (AvgIpc) is 3.04. The zero-order chi connectivity index (χ0) is 17.7. The van der Waals surface area contributed by atoms with Crippen molar-refractivity contribution in [3.63, 3.8) is 0 Å². The Hall–Kier alpha value is -1.75. The van der Waals surface area contributed by atoms with Gasteiger partial charge in [0.25, 0.3) is 5.69 Å². The van der Waals surface area contributed by atoms with Gasteiger partial charge in [-0.3, -0.25) is 10.1 Å². The van der Waals surface area contributed by atoms with Crippen LogP contribution in [0.3, 0.4) is 0 Å². The van der Waals surface area contributed by atoms with Crippen LogP contribution >= 0.6 is 34.8 Å². The van der Waals surface area contributed by atoms with E-state index in [1.165, 1.54) is 6.07 Å². The van der Waals surface area contributed by atoms with Gasteiger partial charge in [0.15, 0.2) is 0 Å². The number of benzene rings is 2. The van der Waals surface area contributed by atoms with Gasteiger partial charge in [0, 0.05) is 28.1 Å². The van der Waals surface area contributed by atoms with Crippen molar-refractivity contribution in [2.45, 2.75) is 18.4 Å². The van der Waals surface area contributed by atoms with E-state index in [0.717, 1.165) is 23.2 Å². The topological polar surface area (TPSA) is 55.2 Å². The van der Waals surface area contributed by atoms with Crippen LogP contribution in [-0.2, 0) is 0 Å². The molecule has 2 aromatic rings. The summed E-state index contributed by atoms with van der Waals surface area (Å²) in [5, 5.41) is 16.2. The van der Waals surface area contributed by atoms with Crippen molar-refractivity contribution in [1.82, 2.24) is 0 Å². The number of nitro groups is 1. The zero-order valence-electron chi connectivity index (χ0n) is 12.9. The number of nitro benzene ring substituents is 1. The Labute approximate surface area is 159 Å². The fourth-order valence-electron chi connectivity index (χ4n) is 3.81. The molecule has 3 atom stereocenters. The molecular weight excluding hydrogens is 383 g/mol. The van der Waals surface area contributed by atoms with E-state index in [4.69, 9.17) is 34.8 Å². The monoisotopic (exact) mass is 394 g/mol. The molecule has 0 saturated carbocycles. The summed E-state index contributed by atoms with van der Waals surface area (Å²) in [5.41, 5.74) is 2.55. The van der Waals surface area contributed by atoms with Gasteiger partial charge in [-0.05, 0) is 35.6 Å². The minimum Gasteiger partial charge on any atom is -0.376 e. The highest BCUT2D eigenvalue weighted by Crippen LogP contribution is 2.53. The highest BCUT2D eigenvalue weighted by molar-refractivity contribution is 6.35. The molecule has 0 aromatic heterocycles. The molecule has 2 aromatic carbocycles. The number of nitrogens with one attached hydrogen (secondary N) is 1. The van der Waals surface area contributed by atoms with Crippen LogP contribution in [-0.4, -0.2) is 4.92 Å². The first-order valence-corrected chi connectivity index (χ1v) is 8.95. The number of rotatable bonds is 2. The molecule has 7 heteroatoms. The number of halogens is 3. The Morgan fingerprint density at radius 1 is 1.08 bits per heavy atom. The Morgan fingerprint density at radius 3 is 2.60 bits per heavy atom. The Balaban J connectivity index is 1.84. The van der Waals surface area contributed by atoms with Crippen LogP contribution in [0, 0.1) is 16.0 Å². The van der Waals surface area contributed by atoms with Gasteiger partial charge in [-0.25, -0.2) is 0 Å². The minimum atomic E-state index is -0.415. The molecule has 25 heavy (non-hydrogen) atoms. The van der Waals surface area contributed by atoms with Gasteiger partial charge in [0.05, 0.1) is 21.7 Å². The zero-order valence-corrected chi connectivity index (χ0v) is 15.1. The SMILES string of the molecule is O=[N+]([O-])c1cc(Cl)c2c(c1)[C@@H]1C=CC[C@@H]1[C@H](c1ccc(Cl)cc1Cl)N2. The molecule has 2 aliphatic rings. The maximum Gasteiger partial charge on any atom is 0.271 e. The van der Waals surface area contributed by atoms with E-state index in [0.29, 0.717) is 15.1 Å². The largest absolute Gasteiger partial charge is 0.376 e. The van der Waals surface area contributed by atoms with Crippen LogP contribution in [0.25, 0.3) is 0 Å². The second-order valence-corrected chi connectivity index (χ2v) is 7.54. The molecule has 0 unspecified atom stereocenters. The number of fused-ring (bicyclic) bond motifs is 3. The number of non-ortho nitro benzene ring substituents is 1. The van der Waals surface area contributed by atoms with Crippen molar-refractivity contribution in [2.75, 3.05) is 5.32 Å². The summed E-state index contributed by atoms with van der Waals surface area (Å²) >= 11 is 18.8. The van der Waals surface area contributed by atoms with E-state index in [1.54, 1.807) is 12.1 Å². The quantitative estimate of drug-likeness (QED) is 0.364. The lowest BCUT2D eigenvalue weighted by molar-refractivity contribution is -0.384. The molecule has 0 fully saturated rings. The smallest absolute Gasteiger partial charge is 0.271 e. The van der Waals surface area contributed by atoms with E-state index < -0.39 is 4.92 Å². The third kappa shape index (κ3) is 2.78. The Kier molecular flexibility index (Phi) is 4.14. The van der Waals surface area contributed by atoms with Gasteiger partial charge in [-0.2, -0.15) is 0 Å². The van der Waals surface area contributed by atoms with E-state index in [2.05, 4.69) is 17.5 Å². The molecule has 0 saturated heterocycles. The summed E-state index contributed by atoms with van der Waals surface area (Å²) in [7, 11) is 0. The molecule has 1 aliphatic heterocycles. The Morgan fingerprint density at radius 2 is 1.88 bits per heavy atom. The Bertz CT molecular complexity index is 913.